The first-order valence-corrected chi connectivity index (χ1v) is 4.03. The van der Waals surface area contributed by atoms with Gasteiger partial charge < -0.3 is 0 Å². The van der Waals surface area contributed by atoms with Crippen LogP contribution in [0.25, 0.3) is 0 Å². The van der Waals surface area contributed by atoms with Gasteiger partial charge in [-0.1, -0.05) is 39.1 Å². The second-order valence-electron chi connectivity index (χ2n) is 3.28. The van der Waals surface area contributed by atoms with Crippen molar-refractivity contribution in [1.29, 1.82) is 0 Å². The van der Waals surface area contributed by atoms with E-state index >= 15 is 0 Å². The van der Waals surface area contributed by atoms with E-state index in [1.807, 2.05) is 20.8 Å². The molecule has 58 valence electrons. The number of rotatable bonds is 1. The van der Waals surface area contributed by atoms with Gasteiger partial charge in [0.15, 0.2) is 0 Å². The highest BCUT2D eigenvalue weighted by Gasteiger charge is 2.16. The van der Waals surface area contributed by atoms with Crippen LogP contribution >= 0.6 is 11.8 Å². The topological polar surface area (TPSA) is 17.1 Å². The fourth-order valence-electron chi connectivity index (χ4n) is 0.365. The largest absolute Gasteiger partial charge is 0.282 e. The molecule has 2 heteroatoms. The molecular formula is C8H14OS. The Balaban J connectivity index is 3.93. The Morgan fingerprint density at radius 1 is 1.40 bits per heavy atom. The highest BCUT2D eigenvalue weighted by molar-refractivity contribution is 8.15. The quantitative estimate of drug-likeness (QED) is 0.546. The fraction of sp³-hybridized carbons (Fsp3) is 0.625. The van der Waals surface area contributed by atoms with E-state index in [4.69, 9.17) is 0 Å². The summed E-state index contributed by atoms with van der Waals surface area (Å²) in [6.07, 6.45) is 0. The van der Waals surface area contributed by atoms with Crippen LogP contribution in [0.5, 0.6) is 0 Å². The Bertz CT molecular complexity index is 153. The van der Waals surface area contributed by atoms with Crippen molar-refractivity contribution in [1.82, 2.24) is 0 Å². The number of hydrogen-bond donors (Lipinski definition) is 0. The molecule has 0 aromatic heterocycles. The van der Waals surface area contributed by atoms with Gasteiger partial charge in [-0.25, -0.2) is 0 Å². The molecule has 0 aliphatic carbocycles. The molecule has 0 unspecified atom stereocenters. The molecule has 0 atom stereocenters. The van der Waals surface area contributed by atoms with Crippen molar-refractivity contribution in [3.8, 4) is 0 Å². The molecule has 0 radical (unpaired) electrons. The third-order valence-corrected chi connectivity index (χ3v) is 1.89. The zero-order valence-electron chi connectivity index (χ0n) is 7.02. The summed E-state index contributed by atoms with van der Waals surface area (Å²) in [6, 6.07) is 0. The number of thioether (sulfide) groups is 1. The molecule has 0 saturated carbocycles. The summed E-state index contributed by atoms with van der Waals surface area (Å²) < 4.78 is 0.00995. The molecule has 0 spiro atoms. The maximum Gasteiger partial charge on any atom is 0.214 e. The highest BCUT2D eigenvalue weighted by atomic mass is 32.2. The predicted molar refractivity (Wildman–Crippen MR) is 47.2 cm³/mol. The minimum absolute atomic E-state index is 0.00995. The fourth-order valence-corrected chi connectivity index (χ4v) is 1.10. The molecule has 0 rings (SSSR count). The van der Waals surface area contributed by atoms with Crippen molar-refractivity contribution in [2.24, 2.45) is 0 Å². The van der Waals surface area contributed by atoms with Gasteiger partial charge in [-0.05, 0) is 12.5 Å². The van der Waals surface area contributed by atoms with Crippen LogP contribution in [0.4, 0.5) is 0 Å². The average Bonchev–Trinajstić information content (AvgIpc) is 1.60. The minimum Gasteiger partial charge on any atom is -0.282 e. The summed E-state index contributed by atoms with van der Waals surface area (Å²) >= 11 is 1.33. The lowest BCUT2D eigenvalue weighted by Gasteiger charge is -2.15. The number of carbonyl (C=O) groups excluding carboxylic acids is 1. The maximum absolute atomic E-state index is 11.0. The first kappa shape index (κ1) is 9.76. The van der Waals surface area contributed by atoms with Crippen LogP contribution in [-0.4, -0.2) is 9.86 Å². The van der Waals surface area contributed by atoms with Gasteiger partial charge in [0.2, 0.25) is 5.12 Å². The van der Waals surface area contributed by atoms with Crippen LogP contribution in [0.15, 0.2) is 12.2 Å². The van der Waals surface area contributed by atoms with E-state index in [0.717, 1.165) is 0 Å². The third-order valence-electron chi connectivity index (χ3n) is 0.747. The van der Waals surface area contributed by atoms with Crippen LogP contribution in [0.3, 0.4) is 0 Å². The smallest absolute Gasteiger partial charge is 0.214 e. The van der Waals surface area contributed by atoms with Crippen molar-refractivity contribution < 1.29 is 4.79 Å². The lowest BCUT2D eigenvalue weighted by molar-refractivity contribution is -0.107. The van der Waals surface area contributed by atoms with Crippen LogP contribution in [0, 0.1) is 0 Å². The molecular weight excluding hydrogens is 144 g/mol. The van der Waals surface area contributed by atoms with Crippen LogP contribution in [0.1, 0.15) is 27.7 Å². The first-order chi connectivity index (χ1) is 4.33. The molecule has 0 aromatic rings. The van der Waals surface area contributed by atoms with Crippen molar-refractivity contribution in [3.05, 3.63) is 12.2 Å². The first-order valence-electron chi connectivity index (χ1n) is 3.22. The van der Waals surface area contributed by atoms with Crippen LogP contribution < -0.4 is 0 Å². The number of hydrogen-bond acceptors (Lipinski definition) is 2. The van der Waals surface area contributed by atoms with Gasteiger partial charge in [0.1, 0.15) is 0 Å². The van der Waals surface area contributed by atoms with E-state index in [-0.39, 0.29) is 9.86 Å². The Morgan fingerprint density at radius 3 is 1.90 bits per heavy atom. The summed E-state index contributed by atoms with van der Waals surface area (Å²) in [6.45, 7) is 11.3. The summed E-state index contributed by atoms with van der Waals surface area (Å²) in [5, 5.41) is 0.0903. The van der Waals surface area contributed by atoms with E-state index in [0.29, 0.717) is 5.57 Å². The molecule has 0 amide bonds. The molecule has 0 aliphatic heterocycles. The second kappa shape index (κ2) is 3.24. The van der Waals surface area contributed by atoms with Gasteiger partial charge in [0.25, 0.3) is 0 Å². The van der Waals surface area contributed by atoms with Gasteiger partial charge in [-0.3, -0.25) is 4.79 Å². The van der Waals surface area contributed by atoms with Gasteiger partial charge in [0.05, 0.1) is 0 Å². The lowest BCUT2D eigenvalue weighted by atomic mass is 10.3. The summed E-state index contributed by atoms with van der Waals surface area (Å²) in [4.78, 5) is 11.0. The number of carbonyl (C=O) groups is 1. The second-order valence-corrected chi connectivity index (χ2v) is 5.08. The van der Waals surface area contributed by atoms with Crippen molar-refractivity contribution in [2.45, 2.75) is 32.4 Å². The zero-order chi connectivity index (χ0) is 8.36. The van der Waals surface area contributed by atoms with Gasteiger partial charge >= 0.3 is 0 Å². The molecule has 0 aromatic carbocycles. The van der Waals surface area contributed by atoms with Gasteiger partial charge in [0, 0.05) is 4.75 Å². The monoisotopic (exact) mass is 158 g/mol. The van der Waals surface area contributed by atoms with Crippen molar-refractivity contribution in [2.75, 3.05) is 0 Å². The standard InChI is InChI=1S/C8H14OS/c1-6(2)7(9)10-8(3,4)5/h1H2,2-5H3. The highest BCUT2D eigenvalue weighted by Crippen LogP contribution is 2.25. The van der Waals surface area contributed by atoms with Gasteiger partial charge in [-0.2, -0.15) is 0 Å². The van der Waals surface area contributed by atoms with Crippen molar-refractivity contribution in [3.63, 3.8) is 0 Å². The minimum atomic E-state index is 0.00995. The molecule has 0 saturated heterocycles. The molecule has 0 bridgehead atoms. The lowest BCUT2D eigenvalue weighted by Crippen LogP contribution is -2.11. The van der Waals surface area contributed by atoms with Gasteiger partial charge in [-0.15, -0.1) is 0 Å². The summed E-state index contributed by atoms with van der Waals surface area (Å²) in [5.41, 5.74) is 0.625. The summed E-state index contributed by atoms with van der Waals surface area (Å²) in [7, 11) is 0. The van der Waals surface area contributed by atoms with Crippen molar-refractivity contribution >= 4 is 16.9 Å². The average molecular weight is 158 g/mol. The summed E-state index contributed by atoms with van der Waals surface area (Å²) in [5.74, 6) is 0. The normalized spacial score (nSPS) is 11.2. The Hall–Kier alpha value is -0.240. The van der Waals surface area contributed by atoms with Crippen LogP contribution in [0.2, 0.25) is 0 Å². The van der Waals surface area contributed by atoms with Crippen LogP contribution in [-0.2, 0) is 4.79 Å². The molecule has 0 heterocycles. The Labute approximate surface area is 66.9 Å². The zero-order valence-corrected chi connectivity index (χ0v) is 7.84. The van der Waals surface area contributed by atoms with E-state index in [2.05, 4.69) is 6.58 Å². The maximum atomic E-state index is 11.0. The molecule has 10 heavy (non-hydrogen) atoms. The Kier molecular flexibility index (Phi) is 3.16. The third kappa shape index (κ3) is 4.62. The molecule has 0 aliphatic rings. The van der Waals surface area contributed by atoms with E-state index < -0.39 is 0 Å². The van der Waals surface area contributed by atoms with E-state index in [9.17, 15) is 4.79 Å². The van der Waals surface area contributed by atoms with E-state index in [1.54, 1.807) is 6.92 Å². The molecule has 1 nitrogen and oxygen atoms in total. The SMILES string of the molecule is C=C(C)C(=O)SC(C)(C)C. The van der Waals surface area contributed by atoms with E-state index in [1.165, 1.54) is 11.8 Å². The predicted octanol–water partition coefficient (Wildman–Crippen LogP) is 2.62. The molecule has 0 N–H and O–H groups in total. The Morgan fingerprint density at radius 2 is 1.80 bits per heavy atom. The molecule has 0 fully saturated rings.